The van der Waals surface area contributed by atoms with Gasteiger partial charge in [0.25, 0.3) is 0 Å². The van der Waals surface area contributed by atoms with Crippen molar-refractivity contribution in [3.05, 3.63) is 41.4 Å². The molecule has 0 radical (unpaired) electrons. The summed E-state index contributed by atoms with van der Waals surface area (Å²) in [6, 6.07) is 3.83. The Morgan fingerprint density at radius 1 is 1.71 bits per heavy atom. The van der Waals surface area contributed by atoms with Crippen molar-refractivity contribution >= 4 is 11.6 Å². The third-order valence-corrected chi connectivity index (χ3v) is 2.33. The van der Waals surface area contributed by atoms with Crippen LogP contribution in [-0.2, 0) is 6.54 Å². The minimum atomic E-state index is 0.545. The van der Waals surface area contributed by atoms with Crippen molar-refractivity contribution in [2.75, 3.05) is 14.1 Å². The molecule has 1 N–H and O–H groups in total. The van der Waals surface area contributed by atoms with Crippen molar-refractivity contribution in [2.45, 2.75) is 6.54 Å². The highest BCUT2D eigenvalue weighted by Gasteiger charge is 2.04. The van der Waals surface area contributed by atoms with Gasteiger partial charge in [-0.15, -0.1) is 0 Å². The number of nitrogens with one attached hydrogen (secondary N) is 1. The second-order valence-electron chi connectivity index (χ2n) is 3.01. The minimum Gasteiger partial charge on any atom is -0.375 e. The first-order valence-electron chi connectivity index (χ1n) is 4.32. The van der Waals surface area contributed by atoms with E-state index in [1.165, 1.54) is 0 Å². The number of nitrogens with zero attached hydrogens (tertiary/aromatic N) is 2. The molecule has 0 saturated heterocycles. The zero-order chi connectivity index (χ0) is 10.6. The molecule has 0 saturated carbocycles. The Morgan fingerprint density at radius 3 is 3.00 bits per heavy atom. The molecule has 0 aliphatic carbocycles. The lowest BCUT2D eigenvalue weighted by atomic mass is 10.3. The topological polar surface area (TPSA) is 28.2 Å². The average molecular weight is 212 g/mol. The summed E-state index contributed by atoms with van der Waals surface area (Å²) in [6.45, 7) is 4.55. The first kappa shape index (κ1) is 10.9. The van der Waals surface area contributed by atoms with Gasteiger partial charge >= 0.3 is 0 Å². The van der Waals surface area contributed by atoms with E-state index in [-0.39, 0.29) is 0 Å². The molecule has 1 rings (SSSR count). The highest BCUT2D eigenvalue weighted by molar-refractivity contribution is 6.30. The second kappa shape index (κ2) is 4.86. The van der Waals surface area contributed by atoms with Gasteiger partial charge in [0.05, 0.1) is 5.82 Å². The van der Waals surface area contributed by atoms with E-state index in [0.717, 1.165) is 11.4 Å². The standard InChI is InChI=1S/C10H14ClN3/c1-8(12-2)14(3)7-9-5-4-6-13-10(9)11/h4-6,12H,1,7H2,2-3H3. The summed E-state index contributed by atoms with van der Waals surface area (Å²) >= 11 is 5.93. The van der Waals surface area contributed by atoms with Gasteiger partial charge in [0.2, 0.25) is 0 Å². The fourth-order valence-corrected chi connectivity index (χ4v) is 1.26. The Morgan fingerprint density at radius 2 is 2.43 bits per heavy atom. The van der Waals surface area contributed by atoms with Gasteiger partial charge in [0.15, 0.2) is 0 Å². The van der Waals surface area contributed by atoms with E-state index < -0.39 is 0 Å². The van der Waals surface area contributed by atoms with Gasteiger partial charge in [-0.25, -0.2) is 4.98 Å². The van der Waals surface area contributed by atoms with Gasteiger partial charge in [-0.2, -0.15) is 0 Å². The number of halogens is 1. The first-order chi connectivity index (χ1) is 6.65. The highest BCUT2D eigenvalue weighted by atomic mass is 35.5. The van der Waals surface area contributed by atoms with E-state index in [1.54, 1.807) is 6.20 Å². The quantitative estimate of drug-likeness (QED) is 0.771. The summed E-state index contributed by atoms with van der Waals surface area (Å²) in [5, 5.41) is 3.52. The molecule has 0 aromatic carbocycles. The van der Waals surface area contributed by atoms with E-state index in [2.05, 4.69) is 16.9 Å². The average Bonchev–Trinajstić information content (AvgIpc) is 2.20. The lowest BCUT2D eigenvalue weighted by Crippen LogP contribution is -2.24. The van der Waals surface area contributed by atoms with Crippen LogP contribution in [0.2, 0.25) is 5.15 Å². The summed E-state index contributed by atoms with van der Waals surface area (Å²) in [5.74, 6) is 0.852. The Bertz CT molecular complexity index is 325. The summed E-state index contributed by atoms with van der Waals surface area (Å²) in [6.07, 6.45) is 1.68. The van der Waals surface area contributed by atoms with Crippen LogP contribution in [0.15, 0.2) is 30.7 Å². The van der Waals surface area contributed by atoms with Crippen molar-refractivity contribution in [1.29, 1.82) is 0 Å². The summed E-state index contributed by atoms with van der Waals surface area (Å²) in [4.78, 5) is 5.98. The normalized spacial score (nSPS) is 9.64. The molecule has 14 heavy (non-hydrogen) atoms. The minimum absolute atomic E-state index is 0.545. The van der Waals surface area contributed by atoms with E-state index in [1.807, 2.05) is 31.1 Å². The van der Waals surface area contributed by atoms with E-state index in [0.29, 0.717) is 11.7 Å². The molecular weight excluding hydrogens is 198 g/mol. The van der Waals surface area contributed by atoms with Crippen LogP contribution in [0.5, 0.6) is 0 Å². The predicted molar refractivity (Wildman–Crippen MR) is 58.9 cm³/mol. The van der Waals surface area contributed by atoms with Gasteiger partial charge in [-0.1, -0.05) is 24.2 Å². The van der Waals surface area contributed by atoms with Gasteiger partial charge < -0.3 is 10.2 Å². The third-order valence-electron chi connectivity index (χ3n) is 1.99. The maximum absolute atomic E-state index is 5.93. The molecule has 3 nitrogen and oxygen atoms in total. The SMILES string of the molecule is C=C(NC)N(C)Cc1cccnc1Cl. The maximum Gasteiger partial charge on any atom is 0.133 e. The van der Waals surface area contributed by atoms with Crippen molar-refractivity contribution in [1.82, 2.24) is 15.2 Å². The molecule has 0 amide bonds. The van der Waals surface area contributed by atoms with E-state index in [4.69, 9.17) is 11.6 Å². The lowest BCUT2D eigenvalue weighted by Gasteiger charge is -2.21. The van der Waals surface area contributed by atoms with Crippen LogP contribution in [0.25, 0.3) is 0 Å². The number of aromatic nitrogens is 1. The molecule has 0 unspecified atom stereocenters. The second-order valence-corrected chi connectivity index (χ2v) is 3.36. The lowest BCUT2D eigenvalue weighted by molar-refractivity contribution is 0.388. The Hall–Kier alpha value is -1.22. The zero-order valence-corrected chi connectivity index (χ0v) is 9.17. The summed E-state index contributed by atoms with van der Waals surface area (Å²) in [5.41, 5.74) is 0.994. The maximum atomic E-state index is 5.93. The van der Waals surface area contributed by atoms with E-state index in [9.17, 15) is 0 Å². The molecule has 0 bridgehead atoms. The van der Waals surface area contributed by atoms with Crippen LogP contribution in [0, 0.1) is 0 Å². The fraction of sp³-hybridized carbons (Fsp3) is 0.300. The van der Waals surface area contributed by atoms with Crippen LogP contribution in [0.1, 0.15) is 5.56 Å². The van der Waals surface area contributed by atoms with Gasteiger partial charge in [0, 0.05) is 32.4 Å². The molecule has 76 valence electrons. The third kappa shape index (κ3) is 2.64. The zero-order valence-electron chi connectivity index (χ0n) is 8.42. The Kier molecular flexibility index (Phi) is 3.77. The molecule has 1 aromatic rings. The molecule has 0 aliphatic heterocycles. The number of hydrogen-bond donors (Lipinski definition) is 1. The van der Waals surface area contributed by atoms with Crippen molar-refractivity contribution in [3.8, 4) is 0 Å². The summed E-state index contributed by atoms with van der Waals surface area (Å²) in [7, 11) is 3.78. The molecule has 0 atom stereocenters. The van der Waals surface area contributed by atoms with E-state index >= 15 is 0 Å². The van der Waals surface area contributed by atoms with Crippen molar-refractivity contribution < 1.29 is 0 Å². The van der Waals surface area contributed by atoms with Crippen LogP contribution >= 0.6 is 11.6 Å². The fourth-order valence-electron chi connectivity index (χ4n) is 1.08. The Balaban J connectivity index is 2.69. The number of pyridine rings is 1. The van der Waals surface area contributed by atoms with Crippen molar-refractivity contribution in [2.24, 2.45) is 0 Å². The monoisotopic (exact) mass is 211 g/mol. The van der Waals surface area contributed by atoms with Gasteiger partial charge in [-0.3, -0.25) is 0 Å². The first-order valence-corrected chi connectivity index (χ1v) is 4.70. The molecule has 4 heteroatoms. The number of hydrogen-bond acceptors (Lipinski definition) is 3. The van der Waals surface area contributed by atoms with Gasteiger partial charge in [0.1, 0.15) is 5.15 Å². The van der Waals surface area contributed by atoms with Crippen LogP contribution in [0.3, 0.4) is 0 Å². The Labute approximate surface area is 89.4 Å². The number of rotatable bonds is 4. The van der Waals surface area contributed by atoms with Gasteiger partial charge in [-0.05, 0) is 6.07 Å². The molecular formula is C10H14ClN3. The predicted octanol–water partition coefficient (Wildman–Crippen LogP) is 1.86. The summed E-state index contributed by atoms with van der Waals surface area (Å²) < 4.78 is 0. The highest BCUT2D eigenvalue weighted by Crippen LogP contribution is 2.14. The van der Waals surface area contributed by atoms with Crippen LogP contribution in [-0.4, -0.2) is 24.0 Å². The van der Waals surface area contributed by atoms with Crippen LogP contribution in [0.4, 0.5) is 0 Å². The largest absolute Gasteiger partial charge is 0.375 e. The molecule has 0 spiro atoms. The molecule has 1 heterocycles. The molecule has 1 aromatic heterocycles. The smallest absolute Gasteiger partial charge is 0.133 e. The molecule has 0 aliphatic rings. The molecule has 0 fully saturated rings. The van der Waals surface area contributed by atoms with Crippen LogP contribution < -0.4 is 5.32 Å². The van der Waals surface area contributed by atoms with Crippen molar-refractivity contribution in [3.63, 3.8) is 0 Å².